The number of carbonyl (C=O) groups excluding carboxylic acids is 3. The number of fused-ring (bicyclic) bond motifs is 1. The number of benzene rings is 2. The molecule has 0 aliphatic carbocycles. The molecule has 0 unspecified atom stereocenters. The predicted molar refractivity (Wildman–Crippen MR) is 176 cm³/mol. The molecule has 2 N–H and O–H groups in total. The summed E-state index contributed by atoms with van der Waals surface area (Å²) in [5.74, 6) is -0.0850. The summed E-state index contributed by atoms with van der Waals surface area (Å²) >= 11 is 0. The molecule has 2 aromatic carbocycles. The number of nitrogens with one attached hydrogen (secondary N) is 2. The molecule has 45 heavy (non-hydrogen) atoms. The molecular formula is C34H45N7O4. The van der Waals surface area contributed by atoms with E-state index in [1.165, 1.54) is 4.68 Å². The van der Waals surface area contributed by atoms with Gasteiger partial charge in [0.15, 0.2) is 5.82 Å². The van der Waals surface area contributed by atoms with Crippen molar-refractivity contribution in [3.8, 4) is 0 Å². The number of urea groups is 1. The van der Waals surface area contributed by atoms with E-state index in [2.05, 4.69) is 53.4 Å². The number of amides is 3. The fourth-order valence-corrected chi connectivity index (χ4v) is 5.87. The van der Waals surface area contributed by atoms with Gasteiger partial charge in [-0.15, -0.1) is 5.10 Å². The Morgan fingerprint density at radius 1 is 0.867 bits per heavy atom. The number of carbonyl (C=O) groups is 3. The first-order valence-corrected chi connectivity index (χ1v) is 16.1. The van der Waals surface area contributed by atoms with Crippen LogP contribution in [0.2, 0.25) is 0 Å². The van der Waals surface area contributed by atoms with Gasteiger partial charge in [-0.1, -0.05) is 51.8 Å². The van der Waals surface area contributed by atoms with E-state index < -0.39 is 6.09 Å². The van der Waals surface area contributed by atoms with Crippen LogP contribution < -0.4 is 15.5 Å². The highest BCUT2D eigenvalue weighted by molar-refractivity contribution is 6.04. The summed E-state index contributed by atoms with van der Waals surface area (Å²) in [6.07, 6.45) is 3.67. The van der Waals surface area contributed by atoms with Gasteiger partial charge in [0.1, 0.15) is 0 Å². The van der Waals surface area contributed by atoms with Gasteiger partial charge < -0.3 is 30.1 Å². The van der Waals surface area contributed by atoms with E-state index in [-0.39, 0.29) is 37.5 Å². The second kappa shape index (κ2) is 14.6. The van der Waals surface area contributed by atoms with Gasteiger partial charge in [-0.05, 0) is 61.7 Å². The molecule has 5 rings (SSSR count). The number of nitrogens with zero attached hydrogens (tertiary/aromatic N) is 5. The first kappa shape index (κ1) is 32.0. The van der Waals surface area contributed by atoms with Crippen LogP contribution in [0.15, 0.2) is 42.5 Å². The molecular weight excluding hydrogens is 570 g/mol. The van der Waals surface area contributed by atoms with E-state index in [0.29, 0.717) is 16.8 Å². The average molecular weight is 616 g/mol. The van der Waals surface area contributed by atoms with Crippen molar-refractivity contribution in [1.29, 1.82) is 0 Å². The lowest BCUT2D eigenvalue weighted by atomic mass is 10.0. The highest BCUT2D eigenvalue weighted by Gasteiger charge is 2.34. The number of aromatic nitrogens is 2. The monoisotopic (exact) mass is 615 g/mol. The number of rotatable bonds is 10. The van der Waals surface area contributed by atoms with Crippen LogP contribution in [-0.2, 0) is 30.7 Å². The lowest BCUT2D eigenvalue weighted by Crippen LogP contribution is -2.44. The van der Waals surface area contributed by atoms with Gasteiger partial charge >= 0.3 is 12.1 Å². The molecule has 3 heterocycles. The minimum absolute atomic E-state index is 0.156. The summed E-state index contributed by atoms with van der Waals surface area (Å²) in [6, 6.07) is 13.3. The number of para-hydroxylation sites is 1. The van der Waals surface area contributed by atoms with Crippen molar-refractivity contribution in [2.45, 2.75) is 66.0 Å². The zero-order valence-electron chi connectivity index (χ0n) is 26.9. The molecule has 0 spiro atoms. The van der Waals surface area contributed by atoms with E-state index in [4.69, 9.17) is 4.74 Å². The molecule has 2 aliphatic rings. The van der Waals surface area contributed by atoms with Crippen LogP contribution in [0, 0.1) is 0 Å². The van der Waals surface area contributed by atoms with Crippen LogP contribution in [0.5, 0.6) is 0 Å². The Labute approximate surface area is 265 Å². The summed E-state index contributed by atoms with van der Waals surface area (Å²) in [5, 5.41) is 10.5. The van der Waals surface area contributed by atoms with E-state index in [1.807, 2.05) is 30.3 Å². The number of aryl methyl sites for hydroxylation is 2. The molecule has 0 bridgehead atoms. The Kier molecular flexibility index (Phi) is 10.4. The maximum Gasteiger partial charge on any atom is 0.435 e. The Balaban J connectivity index is 1.34. The number of unbranched alkanes of at least 4 members (excludes halogenated alkanes) is 2. The van der Waals surface area contributed by atoms with Gasteiger partial charge in [0, 0.05) is 48.7 Å². The molecule has 11 nitrogen and oxygen atoms in total. The van der Waals surface area contributed by atoms with Crippen molar-refractivity contribution in [2.24, 2.45) is 0 Å². The first-order chi connectivity index (χ1) is 21.8. The van der Waals surface area contributed by atoms with Crippen LogP contribution in [0.3, 0.4) is 0 Å². The fraction of sp³-hybridized carbons (Fsp3) is 0.471. The molecule has 1 aromatic heterocycles. The quantitative estimate of drug-likeness (QED) is 0.280. The second-order valence-corrected chi connectivity index (χ2v) is 11.7. The molecule has 2 aliphatic heterocycles. The minimum Gasteiger partial charge on any atom is -0.448 e. The van der Waals surface area contributed by atoms with Crippen molar-refractivity contribution in [1.82, 2.24) is 19.6 Å². The van der Waals surface area contributed by atoms with Gasteiger partial charge in [-0.25, -0.2) is 9.59 Å². The van der Waals surface area contributed by atoms with E-state index in [1.54, 1.807) is 17.0 Å². The molecule has 1 saturated heterocycles. The molecule has 240 valence electrons. The molecule has 0 radical (unpaired) electrons. The fourth-order valence-electron chi connectivity index (χ4n) is 5.87. The highest BCUT2D eigenvalue weighted by Crippen LogP contribution is 2.31. The maximum atomic E-state index is 13.6. The van der Waals surface area contributed by atoms with Gasteiger partial charge in [0.2, 0.25) is 0 Å². The molecule has 3 amide bonds. The summed E-state index contributed by atoms with van der Waals surface area (Å²) < 4.78 is 6.70. The number of likely N-dealkylation sites (N-methyl/N-ethyl adjacent to an activating group) is 1. The third-order valence-electron chi connectivity index (χ3n) is 8.67. The number of hydrogen-bond donors (Lipinski definition) is 2. The highest BCUT2D eigenvalue weighted by atomic mass is 16.6. The Bertz CT molecular complexity index is 1490. The molecule has 1 fully saturated rings. The van der Waals surface area contributed by atoms with E-state index in [9.17, 15) is 14.4 Å². The Morgan fingerprint density at radius 2 is 1.56 bits per heavy atom. The largest absolute Gasteiger partial charge is 0.448 e. The van der Waals surface area contributed by atoms with Gasteiger partial charge in [-0.3, -0.25) is 4.79 Å². The number of anilines is 3. The van der Waals surface area contributed by atoms with Gasteiger partial charge in [0.25, 0.3) is 5.91 Å². The number of hydrogen-bond acceptors (Lipinski definition) is 7. The summed E-state index contributed by atoms with van der Waals surface area (Å²) in [5.41, 5.74) is 5.67. The minimum atomic E-state index is -0.619. The lowest BCUT2D eigenvalue weighted by molar-refractivity contribution is 0.102. The summed E-state index contributed by atoms with van der Waals surface area (Å²) in [6.45, 7) is 10.7. The molecule has 0 atom stereocenters. The SMILES string of the molecule is CCCCCOC(=O)n1nc(NC(=O)c2ccc(N3CCN(C)CC3)cc2)c2c1CN(C(=O)Nc1c(CC)cccc1CC)C2. The lowest BCUT2D eigenvalue weighted by Gasteiger charge is -2.34. The van der Waals surface area contributed by atoms with E-state index in [0.717, 1.165) is 80.8 Å². The third-order valence-corrected chi connectivity index (χ3v) is 8.67. The first-order valence-electron chi connectivity index (χ1n) is 16.1. The van der Waals surface area contributed by atoms with Crippen molar-refractivity contribution in [2.75, 3.05) is 55.4 Å². The second-order valence-electron chi connectivity index (χ2n) is 11.7. The van der Waals surface area contributed by atoms with Crippen LogP contribution in [-0.4, -0.2) is 77.4 Å². The van der Waals surface area contributed by atoms with Gasteiger partial charge in [-0.2, -0.15) is 4.68 Å². The zero-order valence-corrected chi connectivity index (χ0v) is 26.9. The smallest absolute Gasteiger partial charge is 0.435 e. The molecule has 0 saturated carbocycles. The normalized spacial score (nSPS) is 14.8. The van der Waals surface area contributed by atoms with Crippen LogP contribution in [0.1, 0.15) is 72.8 Å². The van der Waals surface area contributed by atoms with Gasteiger partial charge in [0.05, 0.1) is 25.4 Å². The topological polar surface area (TPSA) is 112 Å². The van der Waals surface area contributed by atoms with Crippen LogP contribution >= 0.6 is 0 Å². The molecule has 3 aromatic rings. The maximum absolute atomic E-state index is 13.6. The van der Waals surface area contributed by atoms with Crippen molar-refractivity contribution in [3.63, 3.8) is 0 Å². The molecule has 11 heteroatoms. The standard InChI is InChI=1S/C34H45N7O4/c1-5-8-9-21-45-34(44)41-29-23-40(33(43)35-30-24(6-2)11-10-12-25(30)7-3)22-28(29)31(37-41)36-32(42)26-13-15-27(16-14-26)39-19-17-38(4)18-20-39/h10-16H,5-9,17-23H2,1-4H3,(H,35,43)(H,36,37,42). The average Bonchev–Trinajstić information content (AvgIpc) is 3.64. The number of piperazine rings is 1. The number of ether oxygens (including phenoxy) is 1. The van der Waals surface area contributed by atoms with Crippen LogP contribution in [0.25, 0.3) is 0 Å². The third kappa shape index (κ3) is 7.30. The summed E-state index contributed by atoms with van der Waals surface area (Å²) in [4.78, 5) is 46.3. The van der Waals surface area contributed by atoms with Crippen LogP contribution in [0.4, 0.5) is 26.8 Å². The van der Waals surface area contributed by atoms with Crippen molar-refractivity contribution >= 4 is 35.2 Å². The summed E-state index contributed by atoms with van der Waals surface area (Å²) in [7, 11) is 2.12. The van der Waals surface area contributed by atoms with E-state index >= 15 is 0 Å². The Hall–Kier alpha value is -4.38. The Morgan fingerprint density at radius 3 is 2.20 bits per heavy atom. The van der Waals surface area contributed by atoms with Crippen molar-refractivity contribution in [3.05, 3.63) is 70.4 Å². The zero-order chi connectivity index (χ0) is 31.9. The predicted octanol–water partition coefficient (Wildman–Crippen LogP) is 5.73. The van der Waals surface area contributed by atoms with Crippen molar-refractivity contribution < 1.29 is 19.1 Å².